The summed E-state index contributed by atoms with van der Waals surface area (Å²) < 4.78 is 13.5. The highest BCUT2D eigenvalue weighted by Crippen LogP contribution is 2.39. The van der Waals surface area contributed by atoms with Crippen molar-refractivity contribution < 1.29 is 14.0 Å². The molecule has 1 aliphatic heterocycles. The maximum Gasteiger partial charge on any atom is 0.223 e. The molecule has 1 aliphatic carbocycles. The van der Waals surface area contributed by atoms with Crippen molar-refractivity contribution in [2.24, 2.45) is 0 Å². The van der Waals surface area contributed by atoms with Crippen molar-refractivity contribution in [3.63, 3.8) is 0 Å². The first kappa shape index (κ1) is 21.3. The number of carbonyl (C=O) groups is 2. The van der Waals surface area contributed by atoms with E-state index in [-0.39, 0.29) is 35.5 Å². The molecule has 2 amide bonds. The van der Waals surface area contributed by atoms with Crippen molar-refractivity contribution >= 4 is 17.9 Å². The first-order valence-corrected chi connectivity index (χ1v) is 11.1. The van der Waals surface area contributed by atoms with Gasteiger partial charge >= 0.3 is 0 Å². The van der Waals surface area contributed by atoms with Crippen molar-refractivity contribution in [2.75, 3.05) is 6.54 Å². The lowest BCUT2D eigenvalue weighted by Gasteiger charge is -2.38. The second-order valence-corrected chi connectivity index (χ2v) is 8.72. The first-order valence-electron chi connectivity index (χ1n) is 11.1. The molecule has 0 bridgehead atoms. The van der Waals surface area contributed by atoms with Crippen LogP contribution in [0, 0.1) is 5.82 Å². The second-order valence-electron chi connectivity index (χ2n) is 8.72. The lowest BCUT2D eigenvalue weighted by atomic mass is 9.69. The van der Waals surface area contributed by atoms with Crippen LogP contribution in [-0.2, 0) is 15.0 Å². The summed E-state index contributed by atoms with van der Waals surface area (Å²) in [6, 6.07) is 14.3. The molecule has 1 unspecified atom stereocenters. The van der Waals surface area contributed by atoms with Crippen molar-refractivity contribution in [3.05, 3.63) is 77.2 Å². The Morgan fingerprint density at radius 2 is 1.77 bits per heavy atom. The van der Waals surface area contributed by atoms with Gasteiger partial charge in [0.2, 0.25) is 11.8 Å². The number of carbonyl (C=O) groups excluding carboxylic acids is 2. The summed E-state index contributed by atoms with van der Waals surface area (Å²) in [5.74, 6) is -0.404. The van der Waals surface area contributed by atoms with Gasteiger partial charge in [-0.05, 0) is 47.7 Å². The van der Waals surface area contributed by atoms with Gasteiger partial charge in [-0.25, -0.2) is 4.39 Å². The Bertz CT molecular complexity index is 977. The molecule has 1 saturated carbocycles. The highest BCUT2D eigenvalue weighted by Gasteiger charge is 2.35. The van der Waals surface area contributed by atoms with E-state index in [0.717, 1.165) is 42.4 Å². The molecule has 5 heteroatoms. The predicted molar refractivity (Wildman–Crippen MR) is 120 cm³/mol. The zero-order valence-corrected chi connectivity index (χ0v) is 17.9. The third-order valence-electron chi connectivity index (χ3n) is 6.74. The number of hydrogen-bond acceptors (Lipinski definition) is 2. The summed E-state index contributed by atoms with van der Waals surface area (Å²) in [5.41, 5.74) is 2.95. The highest BCUT2D eigenvalue weighted by molar-refractivity contribution is 5.81. The Hall–Kier alpha value is -2.95. The van der Waals surface area contributed by atoms with Gasteiger partial charge in [-0.2, -0.15) is 0 Å². The molecule has 4 nitrogen and oxygen atoms in total. The highest BCUT2D eigenvalue weighted by atomic mass is 19.1. The van der Waals surface area contributed by atoms with E-state index >= 15 is 0 Å². The Kier molecular flexibility index (Phi) is 6.21. The van der Waals surface area contributed by atoms with Gasteiger partial charge in [-0.15, -0.1) is 0 Å². The number of halogens is 1. The van der Waals surface area contributed by atoms with Crippen LogP contribution in [0.4, 0.5) is 4.39 Å². The molecule has 2 aromatic carbocycles. The summed E-state index contributed by atoms with van der Waals surface area (Å²) in [7, 11) is 0. The standard InChI is InChI=1S/C26H29FN2O2/c1-19(30)29-16-13-20-7-3-4-8-23(20)24(29)17-25(31)28-18-26(14-5-2-6-15-26)21-9-11-22(27)12-10-21/h3-4,7-13,16,24H,2,5-6,14-15,17-18H2,1H3,(H,28,31). The van der Waals surface area contributed by atoms with Crippen LogP contribution >= 0.6 is 0 Å². The molecule has 162 valence electrons. The number of rotatable bonds is 5. The molecule has 1 atom stereocenters. The average molecular weight is 421 g/mol. The number of hydrogen-bond donors (Lipinski definition) is 1. The fourth-order valence-electron chi connectivity index (χ4n) is 5.03. The summed E-state index contributed by atoms with van der Waals surface area (Å²) >= 11 is 0. The summed E-state index contributed by atoms with van der Waals surface area (Å²) in [4.78, 5) is 26.8. The normalized spacial score (nSPS) is 19.5. The zero-order chi connectivity index (χ0) is 21.8. The van der Waals surface area contributed by atoms with Crippen LogP contribution in [0.1, 0.15) is 68.2 Å². The van der Waals surface area contributed by atoms with Gasteiger partial charge in [0.05, 0.1) is 12.5 Å². The zero-order valence-electron chi connectivity index (χ0n) is 17.9. The summed E-state index contributed by atoms with van der Waals surface area (Å²) in [5, 5.41) is 3.15. The molecule has 1 N–H and O–H groups in total. The van der Waals surface area contributed by atoms with Crippen LogP contribution in [0.15, 0.2) is 54.7 Å². The molecule has 1 fully saturated rings. The van der Waals surface area contributed by atoms with E-state index in [9.17, 15) is 14.0 Å². The molecule has 0 saturated heterocycles. The minimum atomic E-state index is -0.313. The van der Waals surface area contributed by atoms with Crippen LogP contribution in [0.5, 0.6) is 0 Å². The second kappa shape index (κ2) is 9.04. The van der Waals surface area contributed by atoms with Crippen molar-refractivity contribution in [2.45, 2.75) is 56.9 Å². The monoisotopic (exact) mass is 420 g/mol. The first-order chi connectivity index (χ1) is 15.0. The van der Waals surface area contributed by atoms with Gasteiger partial charge in [-0.3, -0.25) is 9.59 Å². The van der Waals surface area contributed by atoms with Gasteiger partial charge < -0.3 is 10.2 Å². The van der Waals surface area contributed by atoms with E-state index < -0.39 is 0 Å². The smallest absolute Gasteiger partial charge is 0.223 e. The largest absolute Gasteiger partial charge is 0.355 e. The van der Waals surface area contributed by atoms with Gasteiger partial charge in [0, 0.05) is 25.1 Å². The van der Waals surface area contributed by atoms with Crippen molar-refractivity contribution in [3.8, 4) is 0 Å². The van der Waals surface area contributed by atoms with Gasteiger partial charge in [-0.1, -0.05) is 55.7 Å². The van der Waals surface area contributed by atoms with E-state index in [1.807, 2.05) is 42.5 Å². The topological polar surface area (TPSA) is 49.4 Å². The molecular weight excluding hydrogens is 391 g/mol. The van der Waals surface area contributed by atoms with Crippen LogP contribution in [-0.4, -0.2) is 23.3 Å². The lowest BCUT2D eigenvalue weighted by Crippen LogP contribution is -2.43. The minimum Gasteiger partial charge on any atom is -0.355 e. The molecular formula is C26H29FN2O2. The SMILES string of the molecule is CC(=O)N1C=Cc2ccccc2C1CC(=O)NCC1(c2ccc(F)cc2)CCCCC1. The summed E-state index contributed by atoms with van der Waals surface area (Å²) in [6.07, 6.45) is 9.25. The number of fused-ring (bicyclic) bond motifs is 1. The van der Waals surface area contributed by atoms with Crippen molar-refractivity contribution in [1.29, 1.82) is 0 Å². The Morgan fingerprint density at radius 1 is 1.06 bits per heavy atom. The van der Waals surface area contributed by atoms with E-state index in [0.29, 0.717) is 6.54 Å². The molecule has 0 spiro atoms. The van der Waals surface area contributed by atoms with Gasteiger partial charge in [0.1, 0.15) is 5.82 Å². The van der Waals surface area contributed by atoms with E-state index in [2.05, 4.69) is 5.32 Å². The fraction of sp³-hybridized carbons (Fsp3) is 0.385. The van der Waals surface area contributed by atoms with E-state index in [1.165, 1.54) is 25.5 Å². The number of amides is 2. The third-order valence-corrected chi connectivity index (χ3v) is 6.74. The molecule has 0 aromatic heterocycles. The Labute approximate surface area is 183 Å². The molecule has 4 rings (SSSR count). The molecule has 0 radical (unpaired) electrons. The quantitative estimate of drug-likeness (QED) is 0.731. The number of nitrogens with one attached hydrogen (secondary N) is 1. The van der Waals surface area contributed by atoms with Crippen LogP contribution in [0.25, 0.3) is 6.08 Å². The van der Waals surface area contributed by atoms with Crippen molar-refractivity contribution in [1.82, 2.24) is 10.2 Å². The predicted octanol–water partition coefficient (Wildman–Crippen LogP) is 5.11. The average Bonchev–Trinajstić information content (AvgIpc) is 2.79. The molecule has 1 heterocycles. The fourth-order valence-corrected chi connectivity index (χ4v) is 5.03. The van der Waals surface area contributed by atoms with E-state index in [4.69, 9.17) is 0 Å². The Morgan fingerprint density at radius 3 is 2.48 bits per heavy atom. The van der Waals surface area contributed by atoms with Crippen LogP contribution in [0.2, 0.25) is 0 Å². The maximum absolute atomic E-state index is 13.5. The maximum atomic E-state index is 13.5. The van der Waals surface area contributed by atoms with Gasteiger partial charge in [0.25, 0.3) is 0 Å². The minimum absolute atomic E-state index is 0.0755. The Balaban J connectivity index is 1.50. The van der Waals surface area contributed by atoms with E-state index in [1.54, 1.807) is 11.1 Å². The van der Waals surface area contributed by atoms with Crippen LogP contribution < -0.4 is 5.32 Å². The third kappa shape index (κ3) is 4.55. The number of nitrogens with zero attached hydrogens (tertiary/aromatic N) is 1. The molecule has 31 heavy (non-hydrogen) atoms. The van der Waals surface area contributed by atoms with Gasteiger partial charge in [0.15, 0.2) is 0 Å². The van der Waals surface area contributed by atoms with Crippen LogP contribution in [0.3, 0.4) is 0 Å². The number of benzene rings is 2. The molecule has 2 aromatic rings. The summed E-state index contributed by atoms with van der Waals surface area (Å²) in [6.45, 7) is 2.05. The molecule has 2 aliphatic rings. The lowest BCUT2D eigenvalue weighted by molar-refractivity contribution is -0.130.